The zero-order valence-electron chi connectivity index (χ0n) is 13.3. The molecule has 1 amide bonds. The minimum Gasteiger partial charge on any atom is -0.392 e. The number of anilines is 1. The third-order valence-corrected chi connectivity index (χ3v) is 4.11. The van der Waals surface area contributed by atoms with Crippen LogP contribution in [0.3, 0.4) is 0 Å². The first-order valence-corrected chi connectivity index (χ1v) is 8.04. The van der Waals surface area contributed by atoms with E-state index < -0.39 is 0 Å². The third kappa shape index (κ3) is 3.27. The molecule has 2 N–H and O–H groups in total. The number of aromatic nitrogens is 3. The van der Waals surface area contributed by atoms with Crippen LogP contribution in [0.2, 0.25) is 0 Å². The van der Waals surface area contributed by atoms with Crippen LogP contribution in [0.4, 0.5) is 5.69 Å². The number of hydrogen-bond donors (Lipinski definition) is 2. The summed E-state index contributed by atoms with van der Waals surface area (Å²) >= 11 is 0. The Balaban J connectivity index is 1.50. The van der Waals surface area contributed by atoms with E-state index in [1.807, 2.05) is 0 Å². The van der Waals surface area contributed by atoms with E-state index in [0.29, 0.717) is 28.6 Å². The lowest BCUT2D eigenvalue weighted by molar-refractivity contribution is 0.102. The molecule has 0 atom stereocenters. The van der Waals surface area contributed by atoms with E-state index in [-0.39, 0.29) is 12.5 Å². The predicted molar refractivity (Wildman–Crippen MR) is 89.8 cm³/mol. The number of aliphatic hydroxyl groups is 1. The van der Waals surface area contributed by atoms with E-state index in [4.69, 9.17) is 4.52 Å². The molecular weight excluding hydrogens is 320 g/mol. The minimum atomic E-state index is -0.279. The number of hydrogen-bond acceptors (Lipinski definition) is 6. The Hall–Kier alpha value is -3.06. The van der Waals surface area contributed by atoms with E-state index in [9.17, 15) is 9.90 Å². The molecule has 1 fully saturated rings. The van der Waals surface area contributed by atoms with Gasteiger partial charge in [-0.15, -0.1) is 0 Å². The summed E-state index contributed by atoms with van der Waals surface area (Å²) in [5, 5.41) is 16.0. The fourth-order valence-electron chi connectivity index (χ4n) is 2.49. The molecule has 126 valence electrons. The van der Waals surface area contributed by atoms with Crippen molar-refractivity contribution in [2.75, 3.05) is 5.32 Å². The second-order valence-corrected chi connectivity index (χ2v) is 5.95. The number of carbonyl (C=O) groups excluding carboxylic acids is 1. The Bertz CT molecular complexity index is 901. The monoisotopic (exact) mass is 336 g/mol. The van der Waals surface area contributed by atoms with E-state index in [1.54, 1.807) is 36.5 Å². The van der Waals surface area contributed by atoms with Crippen LogP contribution in [0.15, 0.2) is 47.2 Å². The maximum absolute atomic E-state index is 12.4. The molecule has 2 heterocycles. The SMILES string of the molecule is O=C(Nc1cnccc1CO)c1ccc(-c2nc(C3CC3)no2)cc1. The molecule has 25 heavy (non-hydrogen) atoms. The molecule has 0 unspecified atom stereocenters. The minimum absolute atomic E-state index is 0.169. The van der Waals surface area contributed by atoms with Crippen LogP contribution in [-0.2, 0) is 6.61 Å². The van der Waals surface area contributed by atoms with Crippen molar-refractivity contribution in [2.24, 2.45) is 0 Å². The molecule has 1 aliphatic rings. The summed E-state index contributed by atoms with van der Waals surface area (Å²) in [4.78, 5) is 20.7. The van der Waals surface area contributed by atoms with Crippen molar-refractivity contribution in [2.45, 2.75) is 25.4 Å². The van der Waals surface area contributed by atoms with Gasteiger partial charge in [-0.25, -0.2) is 0 Å². The van der Waals surface area contributed by atoms with Crippen molar-refractivity contribution in [1.82, 2.24) is 15.1 Å². The van der Waals surface area contributed by atoms with Crippen LogP contribution in [0, 0.1) is 0 Å². The lowest BCUT2D eigenvalue weighted by atomic mass is 10.1. The van der Waals surface area contributed by atoms with E-state index in [1.165, 1.54) is 6.20 Å². The molecule has 4 rings (SSSR count). The van der Waals surface area contributed by atoms with E-state index in [2.05, 4.69) is 20.4 Å². The molecule has 1 aliphatic carbocycles. The van der Waals surface area contributed by atoms with Gasteiger partial charge in [-0.05, 0) is 43.2 Å². The van der Waals surface area contributed by atoms with Crippen molar-refractivity contribution < 1.29 is 14.4 Å². The Morgan fingerprint density at radius 3 is 2.76 bits per heavy atom. The van der Waals surface area contributed by atoms with Crippen molar-refractivity contribution in [3.8, 4) is 11.5 Å². The summed E-state index contributed by atoms with van der Waals surface area (Å²) in [5.74, 6) is 1.37. The van der Waals surface area contributed by atoms with Gasteiger partial charge >= 0.3 is 0 Å². The molecule has 0 saturated heterocycles. The first-order chi connectivity index (χ1) is 12.2. The van der Waals surface area contributed by atoms with Gasteiger partial charge in [-0.2, -0.15) is 4.98 Å². The zero-order chi connectivity index (χ0) is 17.2. The summed E-state index contributed by atoms with van der Waals surface area (Å²) in [6.45, 7) is -0.169. The molecule has 0 bridgehead atoms. The highest BCUT2D eigenvalue weighted by Crippen LogP contribution is 2.38. The second-order valence-electron chi connectivity index (χ2n) is 5.95. The number of rotatable bonds is 5. The lowest BCUT2D eigenvalue weighted by Gasteiger charge is -2.08. The Morgan fingerprint density at radius 2 is 2.04 bits per heavy atom. The van der Waals surface area contributed by atoms with Crippen LogP contribution in [0.1, 0.15) is 40.5 Å². The normalized spacial score (nSPS) is 13.6. The fourth-order valence-corrected chi connectivity index (χ4v) is 2.49. The summed E-state index contributed by atoms with van der Waals surface area (Å²) < 4.78 is 5.28. The van der Waals surface area contributed by atoms with Gasteiger partial charge in [0.25, 0.3) is 11.8 Å². The molecule has 0 aliphatic heterocycles. The highest BCUT2D eigenvalue weighted by atomic mass is 16.5. The number of nitrogens with zero attached hydrogens (tertiary/aromatic N) is 3. The average molecular weight is 336 g/mol. The summed E-state index contributed by atoms with van der Waals surface area (Å²) in [7, 11) is 0. The van der Waals surface area contributed by atoms with Gasteiger partial charge < -0.3 is 14.9 Å². The maximum Gasteiger partial charge on any atom is 0.257 e. The third-order valence-electron chi connectivity index (χ3n) is 4.11. The number of benzene rings is 1. The Morgan fingerprint density at radius 1 is 1.24 bits per heavy atom. The van der Waals surface area contributed by atoms with Gasteiger partial charge in [-0.1, -0.05) is 5.16 Å². The van der Waals surface area contributed by atoms with Crippen LogP contribution in [0.25, 0.3) is 11.5 Å². The van der Waals surface area contributed by atoms with Crippen molar-refractivity contribution in [1.29, 1.82) is 0 Å². The molecule has 1 aromatic carbocycles. The van der Waals surface area contributed by atoms with E-state index in [0.717, 1.165) is 24.2 Å². The first-order valence-electron chi connectivity index (χ1n) is 8.04. The molecule has 0 radical (unpaired) electrons. The van der Waals surface area contributed by atoms with Gasteiger partial charge in [0.2, 0.25) is 0 Å². The Labute approximate surface area is 143 Å². The summed E-state index contributed by atoms with van der Waals surface area (Å²) in [6, 6.07) is 8.59. The van der Waals surface area contributed by atoms with Crippen LogP contribution in [0.5, 0.6) is 0 Å². The molecule has 7 nitrogen and oxygen atoms in total. The maximum atomic E-state index is 12.4. The molecule has 7 heteroatoms. The van der Waals surface area contributed by atoms with Crippen LogP contribution < -0.4 is 5.32 Å². The molecular formula is C18H16N4O3. The lowest BCUT2D eigenvalue weighted by Crippen LogP contribution is -2.13. The number of aliphatic hydroxyl groups excluding tert-OH is 1. The average Bonchev–Trinajstić information content (AvgIpc) is 3.39. The topological polar surface area (TPSA) is 101 Å². The fraction of sp³-hybridized carbons (Fsp3) is 0.222. The second kappa shape index (κ2) is 6.45. The number of nitrogens with one attached hydrogen (secondary N) is 1. The van der Waals surface area contributed by atoms with Gasteiger partial charge in [-0.3, -0.25) is 9.78 Å². The highest BCUT2D eigenvalue weighted by Gasteiger charge is 2.28. The van der Waals surface area contributed by atoms with Gasteiger partial charge in [0.1, 0.15) is 0 Å². The molecule has 0 spiro atoms. The van der Waals surface area contributed by atoms with Crippen molar-refractivity contribution in [3.63, 3.8) is 0 Å². The molecule has 1 saturated carbocycles. The summed E-state index contributed by atoms with van der Waals surface area (Å²) in [5.41, 5.74) is 2.36. The number of carbonyl (C=O) groups is 1. The van der Waals surface area contributed by atoms with Crippen LogP contribution in [-0.4, -0.2) is 26.1 Å². The van der Waals surface area contributed by atoms with Crippen molar-refractivity contribution in [3.05, 3.63) is 59.7 Å². The van der Waals surface area contributed by atoms with Crippen LogP contribution >= 0.6 is 0 Å². The van der Waals surface area contributed by atoms with Gasteiger partial charge in [0, 0.05) is 28.8 Å². The van der Waals surface area contributed by atoms with Crippen molar-refractivity contribution >= 4 is 11.6 Å². The number of pyridine rings is 1. The largest absolute Gasteiger partial charge is 0.392 e. The predicted octanol–water partition coefficient (Wildman–Crippen LogP) is 2.75. The Kier molecular flexibility index (Phi) is 3.99. The molecule has 3 aromatic rings. The number of amides is 1. The standard InChI is InChI=1S/C18H16N4O3/c23-10-14-7-8-19-9-15(14)20-17(24)12-3-5-13(6-4-12)18-21-16(22-25-18)11-1-2-11/h3-9,11,23H,1-2,10H2,(H,20,24). The van der Waals surface area contributed by atoms with Gasteiger partial charge in [0.15, 0.2) is 5.82 Å². The summed E-state index contributed by atoms with van der Waals surface area (Å²) in [6.07, 6.45) is 5.30. The zero-order valence-corrected chi connectivity index (χ0v) is 13.3. The highest BCUT2D eigenvalue weighted by molar-refractivity contribution is 6.04. The quantitative estimate of drug-likeness (QED) is 0.743. The smallest absolute Gasteiger partial charge is 0.257 e. The first kappa shape index (κ1) is 15.5. The van der Waals surface area contributed by atoms with Gasteiger partial charge in [0.05, 0.1) is 18.5 Å². The van der Waals surface area contributed by atoms with E-state index >= 15 is 0 Å². The molecule has 2 aromatic heterocycles.